The predicted octanol–water partition coefficient (Wildman–Crippen LogP) is 1.72. The lowest BCUT2D eigenvalue weighted by molar-refractivity contribution is 0.0981. The number of rotatable bonds is 8. The summed E-state index contributed by atoms with van der Waals surface area (Å²) in [6.45, 7) is 3.46. The molecule has 0 aliphatic carbocycles. The van der Waals surface area contributed by atoms with E-state index >= 15 is 0 Å². The van der Waals surface area contributed by atoms with Gasteiger partial charge in [-0.1, -0.05) is 0 Å². The van der Waals surface area contributed by atoms with Crippen molar-refractivity contribution in [3.05, 3.63) is 38.9 Å². The van der Waals surface area contributed by atoms with Gasteiger partial charge in [-0.15, -0.1) is 11.3 Å². The summed E-state index contributed by atoms with van der Waals surface area (Å²) in [5, 5.41) is 3.36. The number of sulfonamides is 2. The van der Waals surface area contributed by atoms with Crippen LogP contribution >= 0.6 is 22.7 Å². The number of amides is 1. The van der Waals surface area contributed by atoms with Crippen LogP contribution in [0.15, 0.2) is 27.1 Å². The second-order valence-electron chi connectivity index (χ2n) is 5.17. The normalized spacial score (nSPS) is 12.2. The van der Waals surface area contributed by atoms with E-state index in [4.69, 9.17) is 0 Å². The number of thiophene rings is 2. The largest absolute Gasteiger partial charge is 0.273 e. The maximum absolute atomic E-state index is 12.3. The Hall–Kier alpha value is -1.27. The summed E-state index contributed by atoms with van der Waals surface area (Å²) < 4.78 is 51.9. The summed E-state index contributed by atoms with van der Waals surface area (Å²) in [7, 11) is -7.23. The van der Waals surface area contributed by atoms with E-state index in [-0.39, 0.29) is 16.5 Å². The molecule has 2 heterocycles. The van der Waals surface area contributed by atoms with Gasteiger partial charge in [0.25, 0.3) is 15.9 Å². The van der Waals surface area contributed by atoms with Crippen molar-refractivity contribution in [2.24, 2.45) is 0 Å². The zero-order valence-corrected chi connectivity index (χ0v) is 16.9. The third-order valence-corrected chi connectivity index (χ3v) is 8.54. The highest BCUT2D eigenvalue weighted by atomic mass is 32.2. The average molecular weight is 423 g/mol. The minimum Gasteiger partial charge on any atom is -0.268 e. The maximum atomic E-state index is 12.3. The third kappa shape index (κ3) is 5.35. The number of hydrogen-bond acceptors (Lipinski definition) is 7. The minimum absolute atomic E-state index is 0.00883. The molecule has 0 bridgehead atoms. The Balaban J connectivity index is 2.02. The predicted molar refractivity (Wildman–Crippen MR) is 99.2 cm³/mol. The molecule has 0 fully saturated rings. The van der Waals surface area contributed by atoms with Crippen molar-refractivity contribution >= 4 is 48.6 Å². The average Bonchev–Trinajstić information content (AvgIpc) is 3.16. The van der Waals surface area contributed by atoms with Crippen LogP contribution in [0.25, 0.3) is 0 Å². The molecule has 138 valence electrons. The van der Waals surface area contributed by atoms with E-state index in [1.807, 2.05) is 0 Å². The standard InChI is InChI=1S/C14H18N2O5S4/c1-3-24(18,19)15-7-6-11-4-5-13(23-11)25(20,21)16-14(17)12-9-22-8-10(12)2/h4-5,8-9,15H,3,6-7H2,1-2H3,(H,16,17). The number of hydrogen-bond donors (Lipinski definition) is 2. The van der Waals surface area contributed by atoms with E-state index in [0.717, 1.165) is 11.3 Å². The number of nitrogens with one attached hydrogen (secondary N) is 2. The van der Waals surface area contributed by atoms with Crippen molar-refractivity contribution < 1.29 is 21.6 Å². The maximum Gasteiger partial charge on any atom is 0.273 e. The first-order valence-corrected chi connectivity index (χ1v) is 12.2. The fourth-order valence-electron chi connectivity index (χ4n) is 1.89. The van der Waals surface area contributed by atoms with E-state index < -0.39 is 26.0 Å². The molecular weight excluding hydrogens is 404 g/mol. The van der Waals surface area contributed by atoms with E-state index in [1.54, 1.807) is 23.8 Å². The quantitative estimate of drug-likeness (QED) is 0.673. The first-order chi connectivity index (χ1) is 11.6. The Morgan fingerprint density at radius 2 is 1.88 bits per heavy atom. The van der Waals surface area contributed by atoms with Gasteiger partial charge in [0, 0.05) is 16.8 Å². The summed E-state index contributed by atoms with van der Waals surface area (Å²) in [5.74, 6) is -0.671. The van der Waals surface area contributed by atoms with Crippen LogP contribution in [0.5, 0.6) is 0 Å². The van der Waals surface area contributed by atoms with Crippen LogP contribution in [0.4, 0.5) is 0 Å². The fraction of sp³-hybridized carbons (Fsp3) is 0.357. The Bertz CT molecular complexity index is 957. The van der Waals surface area contributed by atoms with Crippen molar-refractivity contribution in [2.75, 3.05) is 12.3 Å². The van der Waals surface area contributed by atoms with Gasteiger partial charge in [-0.25, -0.2) is 26.3 Å². The highest BCUT2D eigenvalue weighted by Crippen LogP contribution is 2.22. The lowest BCUT2D eigenvalue weighted by atomic mass is 10.2. The molecule has 2 rings (SSSR count). The zero-order valence-electron chi connectivity index (χ0n) is 13.6. The Morgan fingerprint density at radius 1 is 1.16 bits per heavy atom. The van der Waals surface area contributed by atoms with Gasteiger partial charge in [-0.2, -0.15) is 11.3 Å². The summed E-state index contributed by atoms with van der Waals surface area (Å²) in [6, 6.07) is 3.02. The number of carbonyl (C=O) groups is 1. The van der Waals surface area contributed by atoms with E-state index in [9.17, 15) is 21.6 Å². The second-order valence-corrected chi connectivity index (χ2v) is 11.1. The molecule has 0 radical (unpaired) electrons. The smallest absolute Gasteiger partial charge is 0.268 e. The molecule has 0 atom stereocenters. The molecule has 0 aliphatic heterocycles. The summed E-state index contributed by atoms with van der Waals surface area (Å²) in [5.41, 5.74) is 1.05. The molecule has 0 spiro atoms. The van der Waals surface area contributed by atoms with Crippen LogP contribution in [-0.4, -0.2) is 35.0 Å². The summed E-state index contributed by atoms with van der Waals surface area (Å²) in [6.07, 6.45) is 0.372. The zero-order chi connectivity index (χ0) is 18.7. The van der Waals surface area contributed by atoms with Crippen LogP contribution < -0.4 is 9.44 Å². The van der Waals surface area contributed by atoms with Gasteiger partial charge in [-0.3, -0.25) is 4.79 Å². The topological polar surface area (TPSA) is 109 Å². The van der Waals surface area contributed by atoms with Gasteiger partial charge in [0.15, 0.2) is 0 Å². The molecule has 0 saturated carbocycles. The van der Waals surface area contributed by atoms with E-state index in [0.29, 0.717) is 22.4 Å². The van der Waals surface area contributed by atoms with Crippen molar-refractivity contribution in [2.45, 2.75) is 24.5 Å². The van der Waals surface area contributed by atoms with Gasteiger partial charge in [0.2, 0.25) is 10.0 Å². The first kappa shape index (κ1) is 20.0. The molecule has 7 nitrogen and oxygen atoms in total. The second kappa shape index (κ2) is 7.96. The molecule has 2 N–H and O–H groups in total. The van der Waals surface area contributed by atoms with Crippen molar-refractivity contribution in [1.29, 1.82) is 0 Å². The molecule has 2 aromatic heterocycles. The Labute approximate surface area is 155 Å². The molecule has 0 aliphatic rings. The lowest BCUT2D eigenvalue weighted by Gasteiger charge is -2.05. The van der Waals surface area contributed by atoms with Gasteiger partial charge < -0.3 is 0 Å². The molecule has 11 heteroatoms. The molecule has 25 heavy (non-hydrogen) atoms. The monoisotopic (exact) mass is 422 g/mol. The molecule has 1 amide bonds. The molecule has 0 aromatic carbocycles. The van der Waals surface area contributed by atoms with Gasteiger partial charge in [0.05, 0.1) is 11.3 Å². The molecule has 0 saturated heterocycles. The van der Waals surface area contributed by atoms with Crippen molar-refractivity contribution in [1.82, 2.24) is 9.44 Å². The van der Waals surface area contributed by atoms with Gasteiger partial charge in [-0.05, 0) is 43.3 Å². The van der Waals surface area contributed by atoms with E-state index in [1.165, 1.54) is 24.3 Å². The van der Waals surface area contributed by atoms with Crippen LogP contribution in [0, 0.1) is 6.92 Å². The van der Waals surface area contributed by atoms with E-state index in [2.05, 4.69) is 9.44 Å². The highest BCUT2D eigenvalue weighted by Gasteiger charge is 2.22. The first-order valence-electron chi connectivity index (χ1n) is 7.30. The Morgan fingerprint density at radius 3 is 2.48 bits per heavy atom. The summed E-state index contributed by atoms with van der Waals surface area (Å²) in [4.78, 5) is 12.8. The Kier molecular flexibility index (Phi) is 6.38. The molecular formula is C14H18N2O5S4. The van der Waals surface area contributed by atoms with Gasteiger partial charge in [0.1, 0.15) is 4.21 Å². The minimum atomic E-state index is -3.95. The number of aryl methyl sites for hydroxylation is 1. The third-order valence-electron chi connectivity index (χ3n) is 3.30. The number of carbonyl (C=O) groups excluding carboxylic acids is 1. The van der Waals surface area contributed by atoms with Crippen LogP contribution in [0.3, 0.4) is 0 Å². The fourth-order valence-corrected chi connectivity index (χ4v) is 5.66. The van der Waals surface area contributed by atoms with Crippen LogP contribution in [-0.2, 0) is 26.5 Å². The van der Waals surface area contributed by atoms with Crippen LogP contribution in [0.2, 0.25) is 0 Å². The van der Waals surface area contributed by atoms with Crippen LogP contribution in [0.1, 0.15) is 27.7 Å². The van der Waals surface area contributed by atoms with Gasteiger partial charge >= 0.3 is 0 Å². The molecule has 2 aromatic rings. The highest BCUT2D eigenvalue weighted by molar-refractivity contribution is 7.92. The summed E-state index contributed by atoms with van der Waals surface area (Å²) >= 11 is 2.33. The lowest BCUT2D eigenvalue weighted by Crippen LogP contribution is -2.30. The van der Waals surface area contributed by atoms with Crippen molar-refractivity contribution in [3.63, 3.8) is 0 Å². The molecule has 0 unspecified atom stereocenters. The SMILES string of the molecule is CCS(=O)(=O)NCCc1ccc(S(=O)(=O)NC(=O)c2cscc2C)s1. The van der Waals surface area contributed by atoms with Crippen molar-refractivity contribution in [3.8, 4) is 0 Å².